The van der Waals surface area contributed by atoms with E-state index in [2.05, 4.69) is 35.7 Å². The fraction of sp³-hybridized carbons (Fsp3) is 0.375. The van der Waals surface area contributed by atoms with Crippen LogP contribution < -0.4 is 10.6 Å². The molecule has 0 amide bonds. The zero-order valence-electron chi connectivity index (χ0n) is 13.7. The molecule has 0 aliphatic carbocycles. The Morgan fingerprint density at radius 2 is 2.04 bits per heavy atom. The smallest absolute Gasteiger partial charge is 0.155 e. The van der Waals surface area contributed by atoms with E-state index < -0.39 is 0 Å². The maximum atomic E-state index is 5.93. The van der Waals surface area contributed by atoms with Gasteiger partial charge in [0.1, 0.15) is 5.82 Å². The predicted octanol–water partition coefficient (Wildman–Crippen LogP) is 1.68. The molecule has 0 saturated heterocycles. The minimum absolute atomic E-state index is 0.693. The highest BCUT2D eigenvalue weighted by molar-refractivity contribution is 6.30. The van der Waals surface area contributed by atoms with Gasteiger partial charge in [-0.1, -0.05) is 23.7 Å². The Morgan fingerprint density at radius 3 is 2.92 bits per heavy atom. The molecule has 9 heteroatoms. The first-order valence-corrected chi connectivity index (χ1v) is 8.65. The van der Waals surface area contributed by atoms with Gasteiger partial charge in [-0.3, -0.25) is 5.32 Å². The summed E-state index contributed by atoms with van der Waals surface area (Å²) in [7, 11) is 0. The molecule has 1 aromatic carbocycles. The first-order valence-electron chi connectivity index (χ1n) is 8.27. The molecule has 1 aliphatic heterocycles. The Morgan fingerprint density at radius 1 is 1.16 bits per heavy atom. The van der Waals surface area contributed by atoms with Crippen LogP contribution in [-0.2, 0) is 26.1 Å². The molecule has 130 valence electrons. The van der Waals surface area contributed by atoms with E-state index in [0.29, 0.717) is 6.42 Å². The molecular weight excluding hydrogens is 340 g/mol. The second-order valence-electron chi connectivity index (χ2n) is 5.99. The van der Waals surface area contributed by atoms with E-state index in [4.69, 9.17) is 11.6 Å². The number of aromatic nitrogens is 6. The second-order valence-corrected chi connectivity index (χ2v) is 6.43. The monoisotopic (exact) mass is 358 g/mol. The number of benzene rings is 1. The maximum absolute atomic E-state index is 5.93. The number of hydrogen-bond donors (Lipinski definition) is 2. The number of nitrogens with zero attached hydrogens (tertiary/aromatic N) is 6. The van der Waals surface area contributed by atoms with Gasteiger partial charge in [0.25, 0.3) is 0 Å². The van der Waals surface area contributed by atoms with Gasteiger partial charge in [-0.15, -0.1) is 5.10 Å². The largest absolute Gasteiger partial charge is 0.356 e. The van der Waals surface area contributed by atoms with E-state index in [1.807, 2.05) is 35.3 Å². The molecule has 8 nitrogen and oxygen atoms in total. The fourth-order valence-corrected chi connectivity index (χ4v) is 3.09. The van der Waals surface area contributed by atoms with Crippen molar-refractivity contribution >= 4 is 17.4 Å². The van der Waals surface area contributed by atoms with Gasteiger partial charge in [0.15, 0.2) is 5.82 Å². The van der Waals surface area contributed by atoms with Gasteiger partial charge in [-0.25, -0.2) is 9.67 Å². The van der Waals surface area contributed by atoms with Crippen LogP contribution in [-0.4, -0.2) is 36.4 Å². The lowest BCUT2D eigenvalue weighted by molar-refractivity contribution is 0.492. The van der Waals surface area contributed by atoms with Crippen LogP contribution in [0.4, 0.5) is 5.82 Å². The van der Waals surface area contributed by atoms with Crippen molar-refractivity contribution in [3.8, 4) is 0 Å². The molecule has 2 aromatic heterocycles. The molecule has 1 aliphatic rings. The molecule has 0 saturated carbocycles. The van der Waals surface area contributed by atoms with Crippen LogP contribution >= 0.6 is 11.6 Å². The Bertz CT molecular complexity index is 838. The molecule has 25 heavy (non-hydrogen) atoms. The van der Waals surface area contributed by atoms with Gasteiger partial charge in [-0.2, -0.15) is 0 Å². The van der Waals surface area contributed by atoms with Crippen LogP contribution in [0.2, 0.25) is 5.02 Å². The molecule has 0 unspecified atom stereocenters. The van der Waals surface area contributed by atoms with Crippen LogP contribution in [0.5, 0.6) is 0 Å². The maximum Gasteiger partial charge on any atom is 0.155 e. The summed E-state index contributed by atoms with van der Waals surface area (Å²) in [6.07, 6.45) is 3.51. The summed E-state index contributed by atoms with van der Waals surface area (Å²) in [5, 5.41) is 19.3. The lowest BCUT2D eigenvalue weighted by Gasteiger charge is -2.16. The van der Waals surface area contributed by atoms with Crippen LogP contribution in [0, 0.1) is 0 Å². The molecule has 0 atom stereocenters. The van der Waals surface area contributed by atoms with E-state index in [1.54, 1.807) is 0 Å². The topological polar surface area (TPSA) is 85.5 Å². The highest BCUT2D eigenvalue weighted by Gasteiger charge is 2.14. The first-order chi connectivity index (χ1) is 12.3. The first kappa shape index (κ1) is 16.0. The average Bonchev–Trinajstić information content (AvgIpc) is 3.24. The minimum Gasteiger partial charge on any atom is -0.356 e. The van der Waals surface area contributed by atoms with E-state index >= 15 is 0 Å². The second kappa shape index (κ2) is 7.20. The Hall–Kier alpha value is -2.45. The number of tetrazole rings is 1. The number of fused-ring (bicyclic) bond motifs is 1. The molecule has 2 N–H and O–H groups in total. The van der Waals surface area contributed by atoms with Crippen molar-refractivity contribution in [3.05, 3.63) is 52.7 Å². The van der Waals surface area contributed by atoms with Gasteiger partial charge in [0.2, 0.25) is 0 Å². The predicted molar refractivity (Wildman–Crippen MR) is 94.2 cm³/mol. The van der Waals surface area contributed by atoms with Gasteiger partial charge < -0.3 is 9.88 Å². The highest BCUT2D eigenvalue weighted by atomic mass is 35.5. The van der Waals surface area contributed by atoms with Crippen LogP contribution in [0.1, 0.15) is 23.5 Å². The summed E-state index contributed by atoms with van der Waals surface area (Å²) in [4.78, 5) is 4.41. The Kier molecular flexibility index (Phi) is 4.62. The number of halogens is 1. The lowest BCUT2D eigenvalue weighted by Crippen LogP contribution is -2.28. The highest BCUT2D eigenvalue weighted by Crippen LogP contribution is 2.16. The molecule has 0 spiro atoms. The third-order valence-corrected chi connectivity index (χ3v) is 4.52. The summed E-state index contributed by atoms with van der Waals surface area (Å²) >= 11 is 5.93. The normalized spacial score (nSPS) is 13.5. The van der Waals surface area contributed by atoms with Crippen molar-refractivity contribution in [1.29, 1.82) is 0 Å². The zero-order valence-corrected chi connectivity index (χ0v) is 14.4. The molecule has 3 heterocycles. The van der Waals surface area contributed by atoms with E-state index in [1.165, 1.54) is 5.69 Å². The number of anilines is 1. The van der Waals surface area contributed by atoms with Crippen molar-refractivity contribution < 1.29 is 0 Å². The van der Waals surface area contributed by atoms with Gasteiger partial charge in [0.05, 0.1) is 18.7 Å². The minimum atomic E-state index is 0.693. The van der Waals surface area contributed by atoms with Crippen LogP contribution in [0.25, 0.3) is 0 Å². The third kappa shape index (κ3) is 3.64. The van der Waals surface area contributed by atoms with Crippen LogP contribution in [0.3, 0.4) is 0 Å². The Balaban J connectivity index is 1.37. The summed E-state index contributed by atoms with van der Waals surface area (Å²) in [6.45, 7) is 3.26. The molecule has 4 rings (SSSR count). The van der Waals surface area contributed by atoms with Crippen molar-refractivity contribution in [2.45, 2.75) is 32.5 Å². The summed E-state index contributed by atoms with van der Waals surface area (Å²) in [5.41, 5.74) is 2.34. The van der Waals surface area contributed by atoms with Crippen molar-refractivity contribution in [2.24, 2.45) is 0 Å². The van der Waals surface area contributed by atoms with Gasteiger partial charge in [-0.05, 0) is 34.5 Å². The summed E-state index contributed by atoms with van der Waals surface area (Å²) in [6, 6.07) is 7.77. The molecular formula is C16H19ClN8. The van der Waals surface area contributed by atoms with Gasteiger partial charge in [0, 0.05) is 31.1 Å². The Labute approximate surface area is 150 Å². The molecule has 0 fully saturated rings. The van der Waals surface area contributed by atoms with Crippen molar-refractivity contribution in [3.63, 3.8) is 0 Å². The molecule has 3 aromatic rings. The van der Waals surface area contributed by atoms with Crippen LogP contribution in [0.15, 0.2) is 30.6 Å². The molecule has 0 radical (unpaired) electrons. The molecule has 0 bridgehead atoms. The zero-order chi connectivity index (χ0) is 17.1. The fourth-order valence-electron chi connectivity index (χ4n) is 2.96. The van der Waals surface area contributed by atoms with E-state index in [9.17, 15) is 0 Å². The lowest BCUT2D eigenvalue weighted by atomic mass is 10.1. The number of aryl methyl sites for hydroxylation is 2. The number of hydrogen-bond acceptors (Lipinski definition) is 6. The average molecular weight is 359 g/mol. The van der Waals surface area contributed by atoms with E-state index in [-0.39, 0.29) is 0 Å². The van der Waals surface area contributed by atoms with Gasteiger partial charge >= 0.3 is 0 Å². The number of rotatable bonds is 6. The number of nitrogens with one attached hydrogen (secondary N) is 2. The number of imidazole rings is 1. The van der Waals surface area contributed by atoms with Crippen molar-refractivity contribution in [2.75, 3.05) is 12.0 Å². The summed E-state index contributed by atoms with van der Waals surface area (Å²) < 4.78 is 4.05. The SMILES string of the molecule is Clc1ccc(Cc2nnnn2CCCn2cnc3c2CNCN3)cc1. The van der Waals surface area contributed by atoms with Crippen molar-refractivity contribution in [1.82, 2.24) is 35.1 Å². The summed E-state index contributed by atoms with van der Waals surface area (Å²) in [5.74, 6) is 1.84. The standard InChI is InChI=1S/C16H19ClN8/c17-13-4-2-12(3-5-13)8-15-21-22-23-25(15)7-1-6-24-11-20-16-14(24)9-18-10-19-16/h2-5,11,18-19H,1,6-10H2. The third-order valence-electron chi connectivity index (χ3n) is 4.27. The van der Waals surface area contributed by atoms with E-state index in [0.717, 1.165) is 55.0 Å². The quantitative estimate of drug-likeness (QED) is 0.697.